The summed E-state index contributed by atoms with van der Waals surface area (Å²) in [6.45, 7) is 2.67. The summed E-state index contributed by atoms with van der Waals surface area (Å²) in [5, 5.41) is 3.40. The fourth-order valence-electron chi connectivity index (χ4n) is 2.31. The van der Waals surface area contributed by atoms with Crippen molar-refractivity contribution < 1.29 is 14.2 Å². The molecule has 0 amide bonds. The topological polar surface area (TPSA) is 39.7 Å². The summed E-state index contributed by atoms with van der Waals surface area (Å²) in [6, 6.07) is 5.83. The van der Waals surface area contributed by atoms with Gasteiger partial charge in [0.05, 0.1) is 13.2 Å². The normalized spacial score (nSPS) is 17.7. The molecule has 1 atom stereocenters. The lowest BCUT2D eigenvalue weighted by atomic mass is 10.1. The van der Waals surface area contributed by atoms with Gasteiger partial charge in [0.2, 0.25) is 0 Å². The minimum Gasteiger partial charge on any atom is -0.493 e. The quantitative estimate of drug-likeness (QED) is 0.772. The number of terminal acetylenes is 1. The fourth-order valence-corrected chi connectivity index (χ4v) is 2.31. The molecule has 4 nitrogen and oxygen atoms in total. The van der Waals surface area contributed by atoms with E-state index < -0.39 is 0 Å². The number of methoxy groups -OCH3 is 1. The van der Waals surface area contributed by atoms with E-state index in [-0.39, 0.29) is 6.61 Å². The summed E-state index contributed by atoms with van der Waals surface area (Å²) in [6.07, 6.45) is 7.87. The van der Waals surface area contributed by atoms with Crippen molar-refractivity contribution in [3.63, 3.8) is 0 Å². The van der Waals surface area contributed by atoms with Crippen LogP contribution in [-0.4, -0.2) is 33.0 Å². The number of hydrogen-bond donors (Lipinski definition) is 1. The third kappa shape index (κ3) is 3.89. The summed E-state index contributed by atoms with van der Waals surface area (Å²) < 4.78 is 16.5. The van der Waals surface area contributed by atoms with Gasteiger partial charge in [0.15, 0.2) is 11.5 Å². The monoisotopic (exact) mass is 275 g/mol. The Morgan fingerprint density at radius 2 is 2.40 bits per heavy atom. The highest BCUT2D eigenvalue weighted by molar-refractivity contribution is 5.46. The standard InChI is InChI=1S/C16H21NO3/c1-3-9-20-16-13(6-4-8-15(16)18-2)11-17-12-14-7-5-10-19-14/h1,4,6,8,14,17H,5,7,9-12H2,2H3. The summed E-state index contributed by atoms with van der Waals surface area (Å²) in [5.74, 6) is 3.90. The van der Waals surface area contributed by atoms with Crippen molar-refractivity contribution in [2.75, 3.05) is 26.9 Å². The molecule has 1 aliphatic rings. The first kappa shape index (κ1) is 14.7. The number of ether oxygens (including phenoxy) is 3. The van der Waals surface area contributed by atoms with Crippen molar-refractivity contribution >= 4 is 0 Å². The molecule has 0 saturated carbocycles. The molecule has 1 aliphatic heterocycles. The van der Waals surface area contributed by atoms with E-state index in [0.717, 1.165) is 31.6 Å². The molecule has 1 aromatic rings. The van der Waals surface area contributed by atoms with Crippen LogP contribution in [-0.2, 0) is 11.3 Å². The molecule has 1 fully saturated rings. The summed E-state index contributed by atoms with van der Waals surface area (Å²) >= 11 is 0. The molecule has 2 rings (SSSR count). The number of para-hydroxylation sites is 1. The van der Waals surface area contributed by atoms with Crippen molar-refractivity contribution in [3.05, 3.63) is 23.8 Å². The van der Waals surface area contributed by atoms with Gasteiger partial charge in [-0.3, -0.25) is 0 Å². The second-order valence-electron chi connectivity index (χ2n) is 4.71. The van der Waals surface area contributed by atoms with Crippen LogP contribution >= 0.6 is 0 Å². The second-order valence-corrected chi connectivity index (χ2v) is 4.71. The minimum atomic E-state index is 0.235. The van der Waals surface area contributed by atoms with E-state index >= 15 is 0 Å². The van der Waals surface area contributed by atoms with Crippen LogP contribution in [0, 0.1) is 12.3 Å². The Morgan fingerprint density at radius 3 is 3.10 bits per heavy atom. The molecule has 1 unspecified atom stereocenters. The Morgan fingerprint density at radius 1 is 1.50 bits per heavy atom. The van der Waals surface area contributed by atoms with Crippen molar-refractivity contribution in [3.8, 4) is 23.8 Å². The largest absolute Gasteiger partial charge is 0.493 e. The minimum absolute atomic E-state index is 0.235. The zero-order chi connectivity index (χ0) is 14.2. The van der Waals surface area contributed by atoms with Gasteiger partial charge in [-0.2, -0.15) is 0 Å². The van der Waals surface area contributed by atoms with Crippen molar-refractivity contribution in [1.82, 2.24) is 5.32 Å². The van der Waals surface area contributed by atoms with Crippen molar-refractivity contribution in [2.45, 2.75) is 25.5 Å². The lowest BCUT2D eigenvalue weighted by molar-refractivity contribution is 0.110. The van der Waals surface area contributed by atoms with Gasteiger partial charge in [-0.15, -0.1) is 6.42 Å². The predicted molar refractivity (Wildman–Crippen MR) is 78.0 cm³/mol. The summed E-state index contributed by atoms with van der Waals surface area (Å²) in [4.78, 5) is 0. The highest BCUT2D eigenvalue weighted by Gasteiger charge is 2.15. The first-order chi connectivity index (χ1) is 9.85. The number of benzene rings is 1. The predicted octanol–water partition coefficient (Wildman–Crippen LogP) is 1.98. The second kappa shape index (κ2) is 7.78. The summed E-state index contributed by atoms with van der Waals surface area (Å²) in [7, 11) is 1.63. The van der Waals surface area contributed by atoms with E-state index in [1.807, 2.05) is 18.2 Å². The molecule has 4 heteroatoms. The SMILES string of the molecule is C#CCOc1c(CNCC2CCCO2)cccc1OC. The van der Waals surface area contributed by atoms with E-state index in [1.165, 1.54) is 0 Å². The average molecular weight is 275 g/mol. The van der Waals surface area contributed by atoms with Gasteiger partial charge in [0.1, 0.15) is 6.61 Å². The Kier molecular flexibility index (Phi) is 5.72. The van der Waals surface area contributed by atoms with E-state index in [1.54, 1.807) is 7.11 Å². The average Bonchev–Trinajstić information content (AvgIpc) is 2.98. The molecule has 1 N–H and O–H groups in total. The van der Waals surface area contributed by atoms with E-state index in [0.29, 0.717) is 24.1 Å². The van der Waals surface area contributed by atoms with Gasteiger partial charge in [0.25, 0.3) is 0 Å². The molecule has 20 heavy (non-hydrogen) atoms. The van der Waals surface area contributed by atoms with Gasteiger partial charge < -0.3 is 19.5 Å². The number of nitrogens with one attached hydrogen (secondary N) is 1. The smallest absolute Gasteiger partial charge is 0.167 e. The van der Waals surface area contributed by atoms with Crippen LogP contribution in [0.5, 0.6) is 11.5 Å². The Bertz CT molecular complexity index is 461. The molecule has 0 spiro atoms. The lowest BCUT2D eigenvalue weighted by Crippen LogP contribution is -2.26. The molecule has 0 aliphatic carbocycles. The molecular weight excluding hydrogens is 254 g/mol. The lowest BCUT2D eigenvalue weighted by Gasteiger charge is -2.15. The Hall–Kier alpha value is -1.70. The third-order valence-corrected chi connectivity index (χ3v) is 3.29. The molecule has 0 bridgehead atoms. The number of hydrogen-bond acceptors (Lipinski definition) is 4. The molecule has 1 saturated heterocycles. The Labute approximate surface area is 120 Å². The first-order valence-corrected chi connectivity index (χ1v) is 6.89. The zero-order valence-corrected chi connectivity index (χ0v) is 11.9. The highest BCUT2D eigenvalue weighted by Crippen LogP contribution is 2.31. The van der Waals surface area contributed by atoms with Crippen LogP contribution in [0.3, 0.4) is 0 Å². The molecule has 0 radical (unpaired) electrons. The summed E-state index contributed by atoms with van der Waals surface area (Å²) in [5.41, 5.74) is 1.04. The molecule has 1 heterocycles. The van der Waals surface area contributed by atoms with Crippen molar-refractivity contribution in [1.29, 1.82) is 0 Å². The van der Waals surface area contributed by atoms with Gasteiger partial charge in [-0.05, 0) is 18.9 Å². The zero-order valence-electron chi connectivity index (χ0n) is 11.9. The van der Waals surface area contributed by atoms with Crippen LogP contribution in [0.25, 0.3) is 0 Å². The van der Waals surface area contributed by atoms with Gasteiger partial charge in [-0.1, -0.05) is 18.1 Å². The number of rotatable bonds is 7. The van der Waals surface area contributed by atoms with E-state index in [9.17, 15) is 0 Å². The van der Waals surface area contributed by atoms with Crippen molar-refractivity contribution in [2.24, 2.45) is 0 Å². The van der Waals surface area contributed by atoms with Gasteiger partial charge in [0, 0.05) is 25.3 Å². The van der Waals surface area contributed by atoms with E-state index in [4.69, 9.17) is 20.6 Å². The fraction of sp³-hybridized carbons (Fsp3) is 0.500. The molecule has 1 aromatic carbocycles. The molecule has 108 valence electrons. The third-order valence-electron chi connectivity index (χ3n) is 3.29. The van der Waals surface area contributed by atoms with Crippen LogP contribution in [0.15, 0.2) is 18.2 Å². The first-order valence-electron chi connectivity index (χ1n) is 6.89. The van der Waals surface area contributed by atoms with Crippen LogP contribution < -0.4 is 14.8 Å². The molecular formula is C16H21NO3. The van der Waals surface area contributed by atoms with E-state index in [2.05, 4.69) is 11.2 Å². The maximum atomic E-state index is 5.60. The van der Waals surface area contributed by atoms with Gasteiger partial charge >= 0.3 is 0 Å². The maximum Gasteiger partial charge on any atom is 0.167 e. The Balaban J connectivity index is 1.96. The van der Waals surface area contributed by atoms with Gasteiger partial charge in [-0.25, -0.2) is 0 Å². The van der Waals surface area contributed by atoms with Crippen LogP contribution in [0.4, 0.5) is 0 Å². The van der Waals surface area contributed by atoms with Crippen LogP contribution in [0.2, 0.25) is 0 Å². The highest BCUT2D eigenvalue weighted by atomic mass is 16.5. The molecule has 0 aromatic heterocycles. The van der Waals surface area contributed by atoms with Crippen LogP contribution in [0.1, 0.15) is 18.4 Å². The maximum absolute atomic E-state index is 5.60.